The molecule has 0 aliphatic carbocycles. The van der Waals surface area contributed by atoms with Crippen LogP contribution in [-0.2, 0) is 14.6 Å². The van der Waals surface area contributed by atoms with Gasteiger partial charge in [0.15, 0.2) is 9.84 Å². The summed E-state index contributed by atoms with van der Waals surface area (Å²) in [5.74, 6) is 0.143. The highest BCUT2D eigenvalue weighted by Crippen LogP contribution is 2.48. The van der Waals surface area contributed by atoms with Crippen LogP contribution in [0.25, 0.3) is 0 Å². The van der Waals surface area contributed by atoms with E-state index in [2.05, 4.69) is 17.0 Å². The van der Waals surface area contributed by atoms with Crippen LogP contribution in [0.4, 0.5) is 11.4 Å². The molecule has 0 bridgehead atoms. The number of carbonyl (C=O) groups is 1. The maximum atomic E-state index is 12.1. The third-order valence-electron chi connectivity index (χ3n) is 5.74. The molecule has 4 rings (SSSR count). The van der Waals surface area contributed by atoms with Crippen LogP contribution in [0.2, 0.25) is 0 Å². The first-order valence-corrected chi connectivity index (χ1v) is 12.7. The van der Waals surface area contributed by atoms with Crippen molar-refractivity contribution in [3.63, 3.8) is 0 Å². The Kier molecular flexibility index (Phi) is 5.62. The highest BCUT2D eigenvalue weighted by molar-refractivity contribution is 7.99. The number of para-hydroxylation sites is 1. The number of rotatable bonds is 4. The topological polar surface area (TPSA) is 57.7 Å². The van der Waals surface area contributed by atoms with Crippen molar-refractivity contribution < 1.29 is 13.2 Å². The van der Waals surface area contributed by atoms with Gasteiger partial charge in [0.05, 0.1) is 16.3 Å². The third kappa shape index (κ3) is 4.16. The van der Waals surface area contributed by atoms with Crippen LogP contribution in [0, 0.1) is 0 Å². The van der Waals surface area contributed by atoms with Crippen molar-refractivity contribution >= 4 is 38.9 Å². The first-order chi connectivity index (χ1) is 13.8. The molecular formula is C22H26N2O3S2. The van der Waals surface area contributed by atoms with E-state index in [1.165, 1.54) is 11.2 Å². The molecule has 0 N–H and O–H groups in total. The first kappa shape index (κ1) is 20.3. The fourth-order valence-corrected chi connectivity index (χ4v) is 5.99. The molecule has 2 aliphatic rings. The molecule has 1 amide bonds. The second-order valence-corrected chi connectivity index (χ2v) is 10.9. The van der Waals surface area contributed by atoms with E-state index < -0.39 is 9.84 Å². The van der Waals surface area contributed by atoms with E-state index in [1.807, 2.05) is 23.1 Å². The van der Waals surface area contributed by atoms with Gasteiger partial charge in [0.1, 0.15) is 0 Å². The van der Waals surface area contributed by atoms with E-state index >= 15 is 0 Å². The zero-order chi connectivity index (χ0) is 20.6. The third-order valence-corrected chi connectivity index (χ3v) is 7.98. The number of anilines is 2. The van der Waals surface area contributed by atoms with Crippen LogP contribution in [0.3, 0.4) is 0 Å². The molecule has 0 saturated carbocycles. The second kappa shape index (κ2) is 8.03. The van der Waals surface area contributed by atoms with Gasteiger partial charge in [-0.1, -0.05) is 23.9 Å². The second-order valence-electron chi connectivity index (χ2n) is 7.77. The molecular weight excluding hydrogens is 404 g/mol. The molecule has 2 aromatic rings. The van der Waals surface area contributed by atoms with Gasteiger partial charge in [-0.15, -0.1) is 0 Å². The van der Waals surface area contributed by atoms with Crippen LogP contribution in [0.1, 0.15) is 32.6 Å². The molecule has 2 heterocycles. The van der Waals surface area contributed by atoms with E-state index in [4.69, 9.17) is 0 Å². The monoisotopic (exact) mass is 430 g/mol. The largest absolute Gasteiger partial charge is 0.340 e. The average Bonchev–Trinajstić information content (AvgIpc) is 2.70. The minimum Gasteiger partial charge on any atom is -0.340 e. The summed E-state index contributed by atoms with van der Waals surface area (Å²) in [6.07, 6.45) is 5.35. The number of hydrogen-bond donors (Lipinski definition) is 0. The number of nitrogens with zero attached hydrogens (tertiary/aromatic N) is 2. The highest BCUT2D eigenvalue weighted by atomic mass is 32.2. The maximum absolute atomic E-state index is 12.1. The van der Waals surface area contributed by atoms with Crippen molar-refractivity contribution in [2.45, 2.75) is 53.3 Å². The fourth-order valence-electron chi connectivity index (χ4n) is 4.27. The minimum atomic E-state index is -3.28. The molecule has 1 unspecified atom stereocenters. The summed E-state index contributed by atoms with van der Waals surface area (Å²) in [6.45, 7) is 3.23. The Bertz CT molecular complexity index is 1040. The predicted molar refractivity (Wildman–Crippen MR) is 117 cm³/mol. The lowest BCUT2D eigenvalue weighted by atomic mass is 9.98. The number of sulfone groups is 1. The summed E-state index contributed by atoms with van der Waals surface area (Å²) in [6, 6.07) is 13.8. The van der Waals surface area contributed by atoms with Crippen molar-refractivity contribution in [3.8, 4) is 0 Å². The maximum Gasteiger partial charge on any atom is 0.219 e. The highest BCUT2D eigenvalue weighted by Gasteiger charge is 2.28. The number of piperidine rings is 1. The molecule has 1 fully saturated rings. The van der Waals surface area contributed by atoms with E-state index in [0.717, 1.165) is 55.0 Å². The van der Waals surface area contributed by atoms with Crippen molar-refractivity contribution in [1.29, 1.82) is 0 Å². The van der Waals surface area contributed by atoms with Gasteiger partial charge in [-0.3, -0.25) is 4.79 Å². The number of benzene rings is 2. The Hall–Kier alpha value is -1.99. The van der Waals surface area contributed by atoms with Crippen molar-refractivity contribution in [2.75, 3.05) is 24.2 Å². The Balaban J connectivity index is 1.67. The molecule has 5 nitrogen and oxygen atoms in total. The summed E-state index contributed by atoms with van der Waals surface area (Å²) < 4.78 is 24.2. The number of fused-ring (bicyclic) bond motifs is 2. The van der Waals surface area contributed by atoms with Crippen LogP contribution >= 0.6 is 11.8 Å². The van der Waals surface area contributed by atoms with Gasteiger partial charge in [0.2, 0.25) is 5.91 Å². The predicted octanol–water partition coefficient (Wildman–Crippen LogP) is 4.48. The van der Waals surface area contributed by atoms with E-state index in [-0.39, 0.29) is 11.9 Å². The fraction of sp³-hybridized carbons (Fsp3) is 0.409. The minimum absolute atomic E-state index is 0.143. The van der Waals surface area contributed by atoms with Gasteiger partial charge in [0.25, 0.3) is 0 Å². The first-order valence-electron chi connectivity index (χ1n) is 10.0. The van der Waals surface area contributed by atoms with Gasteiger partial charge in [-0.25, -0.2) is 8.42 Å². The molecule has 7 heteroatoms. The lowest BCUT2D eigenvalue weighted by Gasteiger charge is -2.38. The molecule has 0 radical (unpaired) electrons. The molecule has 154 valence electrons. The van der Waals surface area contributed by atoms with Gasteiger partial charge in [-0.05, 0) is 56.0 Å². The van der Waals surface area contributed by atoms with Crippen molar-refractivity contribution in [3.05, 3.63) is 42.5 Å². The van der Waals surface area contributed by atoms with E-state index in [0.29, 0.717) is 4.90 Å². The van der Waals surface area contributed by atoms with Gasteiger partial charge in [-0.2, -0.15) is 0 Å². The van der Waals surface area contributed by atoms with Crippen molar-refractivity contribution in [1.82, 2.24) is 4.90 Å². The standard InChI is InChI=1S/C22H26N2O3S2/c1-16(25)23-13-6-5-7-17(23)12-14-24-19-8-3-4-9-21(19)28-22-11-10-18(15-20(22)24)29(2,26)27/h3-4,8-11,15,17H,5-7,12-14H2,1-2H3. The summed E-state index contributed by atoms with van der Waals surface area (Å²) in [7, 11) is -3.28. The van der Waals surface area contributed by atoms with E-state index in [1.54, 1.807) is 30.8 Å². The number of amides is 1. The summed E-state index contributed by atoms with van der Waals surface area (Å²) >= 11 is 1.67. The Morgan fingerprint density at radius 1 is 1.10 bits per heavy atom. The zero-order valence-electron chi connectivity index (χ0n) is 16.8. The average molecular weight is 431 g/mol. The molecule has 2 aromatic carbocycles. The summed E-state index contributed by atoms with van der Waals surface area (Å²) in [5, 5.41) is 0. The number of hydrogen-bond acceptors (Lipinski definition) is 5. The molecule has 2 aliphatic heterocycles. The summed E-state index contributed by atoms with van der Waals surface area (Å²) in [4.78, 5) is 18.8. The van der Waals surface area contributed by atoms with Gasteiger partial charge >= 0.3 is 0 Å². The Labute approximate surface area is 177 Å². The molecule has 29 heavy (non-hydrogen) atoms. The normalized spacial score (nSPS) is 18.9. The van der Waals surface area contributed by atoms with Gasteiger partial charge in [0, 0.05) is 42.1 Å². The quantitative estimate of drug-likeness (QED) is 0.716. The molecule has 0 spiro atoms. The Morgan fingerprint density at radius 3 is 2.62 bits per heavy atom. The Morgan fingerprint density at radius 2 is 1.86 bits per heavy atom. The molecule has 1 saturated heterocycles. The zero-order valence-corrected chi connectivity index (χ0v) is 18.4. The van der Waals surface area contributed by atoms with Crippen molar-refractivity contribution in [2.24, 2.45) is 0 Å². The van der Waals surface area contributed by atoms with Gasteiger partial charge < -0.3 is 9.80 Å². The number of likely N-dealkylation sites (tertiary alicyclic amines) is 1. The summed E-state index contributed by atoms with van der Waals surface area (Å²) in [5.41, 5.74) is 2.03. The lowest BCUT2D eigenvalue weighted by molar-refractivity contribution is -0.132. The van der Waals surface area contributed by atoms with E-state index in [9.17, 15) is 13.2 Å². The van der Waals surface area contributed by atoms with Crippen LogP contribution in [0.15, 0.2) is 57.2 Å². The SMILES string of the molecule is CC(=O)N1CCCCC1CCN1c2ccccc2Sc2ccc(S(C)(=O)=O)cc21. The molecule has 0 aromatic heterocycles. The van der Waals surface area contributed by atoms with Crippen LogP contribution in [-0.4, -0.2) is 44.6 Å². The van der Waals surface area contributed by atoms with Crippen LogP contribution in [0.5, 0.6) is 0 Å². The molecule has 1 atom stereocenters. The number of carbonyl (C=O) groups excluding carboxylic acids is 1. The lowest BCUT2D eigenvalue weighted by Crippen LogP contribution is -2.44. The smallest absolute Gasteiger partial charge is 0.219 e. The van der Waals surface area contributed by atoms with Crippen LogP contribution < -0.4 is 4.90 Å².